The maximum absolute atomic E-state index is 13.0. The van der Waals surface area contributed by atoms with Gasteiger partial charge in [-0.2, -0.15) is 0 Å². The zero-order chi connectivity index (χ0) is 27.6. The van der Waals surface area contributed by atoms with Gasteiger partial charge in [0.1, 0.15) is 27.1 Å². The van der Waals surface area contributed by atoms with Crippen molar-refractivity contribution in [3.8, 4) is 0 Å². The van der Waals surface area contributed by atoms with E-state index in [1.165, 1.54) is 35.3 Å². The second-order valence-corrected chi connectivity index (χ2v) is 12.8. The van der Waals surface area contributed by atoms with Crippen LogP contribution in [0.15, 0.2) is 44.0 Å². The van der Waals surface area contributed by atoms with Gasteiger partial charge in [-0.25, -0.2) is 9.78 Å². The summed E-state index contributed by atoms with van der Waals surface area (Å²) in [5.74, 6) is -2.15. The van der Waals surface area contributed by atoms with Crippen LogP contribution in [0.25, 0.3) is 0 Å². The molecule has 2 amide bonds. The fraction of sp³-hybridized carbons (Fsp3) is 0.350. The van der Waals surface area contributed by atoms with Gasteiger partial charge >= 0.3 is 5.97 Å². The number of thiazole rings is 1. The van der Waals surface area contributed by atoms with Crippen molar-refractivity contribution in [3.63, 3.8) is 0 Å². The minimum Gasteiger partial charge on any atom is -0.477 e. The summed E-state index contributed by atoms with van der Waals surface area (Å²) in [5, 5.41) is 23.8. The van der Waals surface area contributed by atoms with Crippen LogP contribution in [0.4, 0.5) is 5.13 Å². The molecule has 7 N–H and O–H groups in total. The molecule has 4 atom stereocenters. The second-order valence-electron chi connectivity index (χ2n) is 7.87. The normalized spacial score (nSPS) is 20.4. The number of carboxylic acids is 1. The highest BCUT2D eigenvalue weighted by Gasteiger charge is 2.55. The number of anilines is 1. The summed E-state index contributed by atoms with van der Waals surface area (Å²) < 4.78 is 0.0283. The first-order chi connectivity index (χ1) is 18.2. The Balaban J connectivity index is 1.52. The number of nitrogens with two attached hydrogens (primary N) is 2. The molecule has 202 valence electrons. The number of β-lactam (4-membered cyclic amide) rings is 1. The Labute approximate surface area is 237 Å². The first-order valence-corrected chi connectivity index (χ1v) is 14.8. The van der Waals surface area contributed by atoms with Gasteiger partial charge < -0.3 is 27.0 Å². The number of nitroso groups, excluding NO2 is 1. The molecule has 2 unspecified atom stereocenters. The summed E-state index contributed by atoms with van der Waals surface area (Å²) in [4.78, 5) is 60.4. The third-order valence-electron chi connectivity index (χ3n) is 5.34. The van der Waals surface area contributed by atoms with Crippen molar-refractivity contribution >= 4 is 81.1 Å². The number of aliphatic hydroxyl groups excluding tert-OH is 1. The Morgan fingerprint density at radius 1 is 1.39 bits per heavy atom. The number of carboxylic acid groups (broad SMARTS) is 1. The van der Waals surface area contributed by atoms with Crippen molar-refractivity contribution in [1.29, 1.82) is 0 Å². The molecular formula is C20H20ClN7O6S4. The highest BCUT2D eigenvalue weighted by molar-refractivity contribution is 8.07. The second kappa shape index (κ2) is 12.2. The third kappa shape index (κ3) is 5.78. The van der Waals surface area contributed by atoms with E-state index in [0.29, 0.717) is 10.7 Å². The van der Waals surface area contributed by atoms with Gasteiger partial charge in [-0.1, -0.05) is 34.7 Å². The molecule has 2 aromatic heterocycles. The fourth-order valence-electron chi connectivity index (χ4n) is 3.56. The Morgan fingerprint density at radius 3 is 2.79 bits per heavy atom. The summed E-state index contributed by atoms with van der Waals surface area (Å²) >= 11 is 10.7. The lowest BCUT2D eigenvalue weighted by Crippen LogP contribution is -2.70. The van der Waals surface area contributed by atoms with Crippen molar-refractivity contribution in [2.45, 2.75) is 33.3 Å². The summed E-state index contributed by atoms with van der Waals surface area (Å²) in [7, 11) is 0. The molecule has 0 aromatic carbocycles. The van der Waals surface area contributed by atoms with Crippen LogP contribution in [0.2, 0.25) is 4.34 Å². The van der Waals surface area contributed by atoms with Crippen LogP contribution >= 0.6 is 58.2 Å². The molecule has 1 saturated heterocycles. The molecule has 2 aliphatic heterocycles. The molecule has 0 radical (unpaired) electrons. The van der Waals surface area contributed by atoms with Gasteiger partial charge in [0.25, 0.3) is 11.8 Å². The predicted octanol–water partition coefficient (Wildman–Crippen LogP) is 1.48. The van der Waals surface area contributed by atoms with Gasteiger partial charge in [-0.05, 0) is 11.2 Å². The maximum Gasteiger partial charge on any atom is 0.353 e. The molecular weight excluding hydrogens is 598 g/mol. The number of nitrogens with one attached hydrogen (secondary N) is 1. The molecule has 0 aliphatic carbocycles. The molecule has 4 heterocycles. The van der Waals surface area contributed by atoms with Crippen molar-refractivity contribution in [3.05, 3.63) is 44.0 Å². The average Bonchev–Trinajstić information content (AvgIpc) is 3.23. The lowest BCUT2D eigenvalue weighted by atomic mass is 10.0. The quantitative estimate of drug-likeness (QED) is 0.137. The van der Waals surface area contributed by atoms with Crippen LogP contribution in [0.3, 0.4) is 0 Å². The van der Waals surface area contributed by atoms with E-state index < -0.39 is 41.3 Å². The Bertz CT molecular complexity index is 1310. The van der Waals surface area contributed by atoms with Crippen molar-refractivity contribution < 1.29 is 24.6 Å². The van der Waals surface area contributed by atoms with Crippen LogP contribution in [-0.2, 0) is 14.4 Å². The SMILES string of the molecule is Nc1nc(C(N=O)C(=O)N[C@@H]2C(=O)N3C(C(=O)O)=C(Sc4ccncc4SCC(N)CO)CS[C@@H]23)c(Cl)s1. The van der Waals surface area contributed by atoms with Crippen LogP contribution in [0.1, 0.15) is 11.7 Å². The number of aromatic nitrogens is 2. The number of thioether (sulfide) groups is 3. The van der Waals surface area contributed by atoms with Gasteiger partial charge in [-0.15, -0.1) is 28.4 Å². The summed E-state index contributed by atoms with van der Waals surface area (Å²) in [6.07, 6.45) is 3.19. The standard InChI is InChI=1S/C20H20ClN7O6S4/c21-15-11(26-20(23)38-15)12(27-34)16(30)25-13-17(31)28-14(19(32)33)10(6-36-18(13)28)37-8-1-2-24-3-9(8)35-5-7(22)4-29/h1-3,7,12-13,18,29H,4-6,22H2,(H2,23,26)(H,25,30)(H,32,33)/t7?,12?,13-,18+/m1/s1. The zero-order valence-electron chi connectivity index (χ0n) is 19.1. The van der Waals surface area contributed by atoms with E-state index in [0.717, 1.165) is 26.0 Å². The summed E-state index contributed by atoms with van der Waals surface area (Å²) in [6.45, 7) is -0.175. The van der Waals surface area contributed by atoms with Crippen LogP contribution in [0.5, 0.6) is 0 Å². The molecule has 18 heteroatoms. The van der Waals surface area contributed by atoms with Crippen molar-refractivity contribution in [1.82, 2.24) is 20.2 Å². The average molecular weight is 618 g/mol. The zero-order valence-corrected chi connectivity index (χ0v) is 23.2. The number of aliphatic carboxylic acids is 1. The number of hydrogen-bond acceptors (Lipinski definition) is 14. The van der Waals surface area contributed by atoms with E-state index in [2.05, 4.69) is 20.5 Å². The third-order valence-corrected chi connectivity index (χ3v) is 10.4. The number of aliphatic hydroxyl groups is 1. The summed E-state index contributed by atoms with van der Waals surface area (Å²) in [6, 6.07) is -1.39. The highest BCUT2D eigenvalue weighted by Crippen LogP contribution is 2.46. The first kappa shape index (κ1) is 28.6. The van der Waals surface area contributed by atoms with Crippen LogP contribution in [-0.4, -0.2) is 78.4 Å². The monoisotopic (exact) mass is 617 g/mol. The smallest absolute Gasteiger partial charge is 0.353 e. The van der Waals surface area contributed by atoms with Gasteiger partial charge in [0.15, 0.2) is 5.13 Å². The fourth-order valence-corrected chi connectivity index (χ4v) is 8.15. The predicted molar refractivity (Wildman–Crippen MR) is 146 cm³/mol. The van der Waals surface area contributed by atoms with Gasteiger partial charge in [0, 0.05) is 44.6 Å². The van der Waals surface area contributed by atoms with E-state index in [1.807, 2.05) is 0 Å². The maximum atomic E-state index is 13.0. The van der Waals surface area contributed by atoms with Crippen molar-refractivity contribution in [2.75, 3.05) is 23.8 Å². The molecule has 2 aliphatic rings. The number of hydrogen-bond donors (Lipinski definition) is 5. The first-order valence-electron chi connectivity index (χ1n) is 10.7. The minimum atomic E-state index is -1.62. The molecule has 38 heavy (non-hydrogen) atoms. The van der Waals surface area contributed by atoms with Gasteiger partial charge in [0.05, 0.1) is 6.61 Å². The minimum absolute atomic E-state index is 0.0283. The van der Waals surface area contributed by atoms with Crippen LogP contribution in [0, 0.1) is 4.91 Å². The molecule has 4 rings (SSSR count). The Kier molecular flexibility index (Phi) is 9.17. The summed E-state index contributed by atoms with van der Waals surface area (Å²) in [5.41, 5.74) is 11.1. The number of fused-ring (bicyclic) bond motifs is 1. The van der Waals surface area contributed by atoms with Gasteiger partial charge in [0.2, 0.25) is 6.04 Å². The molecule has 0 saturated carbocycles. The lowest BCUT2D eigenvalue weighted by molar-refractivity contribution is -0.150. The molecule has 0 spiro atoms. The number of nitrogens with zero attached hydrogens (tertiary/aromatic N) is 4. The number of amides is 2. The topological polar surface area (TPSA) is 214 Å². The van der Waals surface area contributed by atoms with Crippen LogP contribution < -0.4 is 16.8 Å². The number of halogens is 1. The van der Waals surface area contributed by atoms with E-state index in [-0.39, 0.29) is 33.2 Å². The largest absolute Gasteiger partial charge is 0.477 e. The van der Waals surface area contributed by atoms with E-state index in [4.69, 9.17) is 23.1 Å². The molecule has 0 bridgehead atoms. The van der Waals surface area contributed by atoms with Gasteiger partial charge in [-0.3, -0.25) is 19.5 Å². The van der Waals surface area contributed by atoms with E-state index in [9.17, 15) is 29.5 Å². The number of nitrogen functional groups attached to an aromatic ring is 1. The molecule has 1 fully saturated rings. The Hall–Kier alpha value is -2.41. The lowest BCUT2D eigenvalue weighted by Gasteiger charge is -2.49. The highest BCUT2D eigenvalue weighted by atomic mass is 35.5. The number of rotatable bonds is 11. The number of carbonyl (C=O) groups is 3. The number of pyridine rings is 1. The van der Waals surface area contributed by atoms with E-state index >= 15 is 0 Å². The molecule has 2 aromatic rings. The van der Waals surface area contributed by atoms with E-state index in [1.54, 1.807) is 18.5 Å². The molecule has 13 nitrogen and oxygen atoms in total. The number of carbonyl (C=O) groups excluding carboxylic acids is 2. The van der Waals surface area contributed by atoms with Crippen molar-refractivity contribution in [2.24, 2.45) is 10.9 Å². The Morgan fingerprint density at radius 2 is 2.16 bits per heavy atom.